The molecule has 21 heavy (non-hydrogen) atoms. The highest BCUT2D eigenvalue weighted by Crippen LogP contribution is 2.15. The van der Waals surface area contributed by atoms with Gasteiger partial charge in [-0.2, -0.15) is 13.8 Å². The Bertz CT molecular complexity index is 838. The summed E-state index contributed by atoms with van der Waals surface area (Å²) >= 11 is 0. The highest BCUT2D eigenvalue weighted by Gasteiger charge is 2.12. The second kappa shape index (κ2) is 5.20. The minimum Gasteiger partial charge on any atom is -0.318 e. The minimum absolute atomic E-state index is 0.194. The van der Waals surface area contributed by atoms with Crippen molar-refractivity contribution >= 4 is 22.6 Å². The Morgan fingerprint density at radius 1 is 1.00 bits per heavy atom. The molecule has 0 atom stereocenters. The van der Waals surface area contributed by atoms with Crippen molar-refractivity contribution in [1.29, 1.82) is 0 Å². The third-order valence-electron chi connectivity index (χ3n) is 2.79. The van der Waals surface area contributed by atoms with E-state index in [2.05, 4.69) is 20.3 Å². The van der Waals surface area contributed by atoms with Gasteiger partial charge in [0.2, 0.25) is 11.9 Å². The van der Waals surface area contributed by atoms with E-state index >= 15 is 0 Å². The highest BCUT2D eigenvalue weighted by molar-refractivity contribution is 6.05. The lowest BCUT2D eigenvalue weighted by Crippen LogP contribution is -2.13. The molecule has 0 aliphatic rings. The number of aromatic nitrogens is 3. The van der Waals surface area contributed by atoms with Crippen LogP contribution in [0.25, 0.3) is 11.0 Å². The third-order valence-corrected chi connectivity index (χ3v) is 2.79. The number of hydrogen-bond acceptors (Lipinski definition) is 4. The van der Waals surface area contributed by atoms with E-state index in [1.54, 1.807) is 18.3 Å². The van der Waals surface area contributed by atoms with Gasteiger partial charge in [-0.1, -0.05) is 0 Å². The van der Waals surface area contributed by atoms with Crippen LogP contribution in [0.1, 0.15) is 10.4 Å². The standard InChI is InChI=1S/C14H8F2N4O/c15-12-4-3-10(13(16)20-12)19-14(21)8-1-2-9-11(7-8)18-6-5-17-9/h1-7H,(H,19,21). The van der Waals surface area contributed by atoms with Gasteiger partial charge in [-0.3, -0.25) is 14.8 Å². The molecule has 0 aliphatic carbocycles. The second-order valence-electron chi connectivity index (χ2n) is 4.19. The maximum Gasteiger partial charge on any atom is 0.255 e. The van der Waals surface area contributed by atoms with Crippen molar-refractivity contribution in [3.8, 4) is 0 Å². The first-order valence-corrected chi connectivity index (χ1v) is 5.97. The van der Waals surface area contributed by atoms with E-state index in [9.17, 15) is 13.6 Å². The zero-order chi connectivity index (χ0) is 14.8. The number of pyridine rings is 1. The third kappa shape index (κ3) is 2.66. The van der Waals surface area contributed by atoms with Crippen molar-refractivity contribution in [2.75, 3.05) is 5.32 Å². The molecular formula is C14H8F2N4O. The molecule has 2 heterocycles. The van der Waals surface area contributed by atoms with Crippen LogP contribution in [-0.2, 0) is 0 Å². The van der Waals surface area contributed by atoms with Crippen molar-refractivity contribution in [3.05, 3.63) is 60.2 Å². The Morgan fingerprint density at radius 3 is 2.52 bits per heavy atom. The first-order chi connectivity index (χ1) is 10.1. The SMILES string of the molecule is O=C(Nc1ccc(F)nc1F)c1ccc2nccnc2c1. The largest absolute Gasteiger partial charge is 0.318 e. The first kappa shape index (κ1) is 13.0. The van der Waals surface area contributed by atoms with Crippen molar-refractivity contribution in [1.82, 2.24) is 15.0 Å². The summed E-state index contributed by atoms with van der Waals surface area (Å²) in [4.78, 5) is 23.2. The molecule has 0 spiro atoms. The van der Waals surface area contributed by atoms with Crippen molar-refractivity contribution in [3.63, 3.8) is 0 Å². The molecule has 0 saturated carbocycles. The van der Waals surface area contributed by atoms with E-state index in [1.165, 1.54) is 12.3 Å². The quantitative estimate of drug-likeness (QED) is 0.735. The molecule has 0 fully saturated rings. The van der Waals surface area contributed by atoms with Gasteiger partial charge in [0, 0.05) is 18.0 Å². The number of carbonyl (C=O) groups excluding carboxylic acids is 1. The number of fused-ring (bicyclic) bond motifs is 1. The predicted molar refractivity (Wildman–Crippen MR) is 71.6 cm³/mol. The summed E-state index contributed by atoms with van der Waals surface area (Å²) in [6.07, 6.45) is 3.05. The number of halogens is 2. The van der Waals surface area contributed by atoms with Crippen LogP contribution in [0.4, 0.5) is 14.5 Å². The topological polar surface area (TPSA) is 67.8 Å². The van der Waals surface area contributed by atoms with Crippen LogP contribution in [0.5, 0.6) is 0 Å². The summed E-state index contributed by atoms with van der Waals surface area (Å²) in [5.41, 5.74) is 1.28. The molecule has 0 unspecified atom stereocenters. The Hall–Kier alpha value is -2.96. The molecular weight excluding hydrogens is 278 g/mol. The zero-order valence-corrected chi connectivity index (χ0v) is 10.5. The average Bonchev–Trinajstić information content (AvgIpc) is 2.49. The maximum atomic E-state index is 13.4. The summed E-state index contributed by atoms with van der Waals surface area (Å²) < 4.78 is 26.1. The normalized spacial score (nSPS) is 10.6. The Morgan fingerprint density at radius 2 is 1.76 bits per heavy atom. The van der Waals surface area contributed by atoms with Crippen molar-refractivity contribution < 1.29 is 13.6 Å². The molecule has 1 N–H and O–H groups in total. The molecule has 5 nitrogen and oxygen atoms in total. The molecule has 2 aromatic heterocycles. The maximum absolute atomic E-state index is 13.4. The Balaban J connectivity index is 1.89. The summed E-state index contributed by atoms with van der Waals surface area (Å²) in [6, 6.07) is 6.78. The van der Waals surface area contributed by atoms with Gasteiger partial charge in [0.05, 0.1) is 16.7 Å². The lowest BCUT2D eigenvalue weighted by Gasteiger charge is -2.06. The van der Waals surface area contributed by atoms with Gasteiger partial charge in [0.25, 0.3) is 5.91 Å². The number of nitrogens with one attached hydrogen (secondary N) is 1. The molecule has 3 rings (SSSR count). The van der Waals surface area contributed by atoms with E-state index in [4.69, 9.17) is 0 Å². The van der Waals surface area contributed by atoms with Gasteiger partial charge < -0.3 is 5.32 Å². The van der Waals surface area contributed by atoms with E-state index in [0.717, 1.165) is 12.1 Å². The summed E-state index contributed by atoms with van der Waals surface area (Å²) in [5, 5.41) is 2.33. The van der Waals surface area contributed by atoms with Gasteiger partial charge >= 0.3 is 0 Å². The van der Waals surface area contributed by atoms with Crippen LogP contribution in [0.15, 0.2) is 42.7 Å². The molecule has 1 aromatic carbocycles. The molecule has 7 heteroatoms. The van der Waals surface area contributed by atoms with Crippen molar-refractivity contribution in [2.24, 2.45) is 0 Å². The van der Waals surface area contributed by atoms with E-state index in [0.29, 0.717) is 11.0 Å². The number of hydrogen-bond donors (Lipinski definition) is 1. The number of rotatable bonds is 2. The lowest BCUT2D eigenvalue weighted by molar-refractivity contribution is 0.102. The molecule has 0 radical (unpaired) electrons. The molecule has 3 aromatic rings. The summed E-state index contributed by atoms with van der Waals surface area (Å²) in [7, 11) is 0. The van der Waals surface area contributed by atoms with Gasteiger partial charge in [0.15, 0.2) is 0 Å². The number of anilines is 1. The van der Waals surface area contributed by atoms with Gasteiger partial charge in [0.1, 0.15) is 0 Å². The molecule has 0 bridgehead atoms. The molecule has 1 amide bonds. The zero-order valence-electron chi connectivity index (χ0n) is 10.5. The average molecular weight is 286 g/mol. The Labute approximate surface area is 117 Å². The van der Waals surface area contributed by atoms with E-state index in [-0.39, 0.29) is 11.3 Å². The fourth-order valence-electron chi connectivity index (χ4n) is 1.80. The fourth-order valence-corrected chi connectivity index (χ4v) is 1.80. The van der Waals surface area contributed by atoms with E-state index < -0.39 is 17.8 Å². The van der Waals surface area contributed by atoms with Crippen LogP contribution < -0.4 is 5.32 Å². The van der Waals surface area contributed by atoms with Crippen LogP contribution in [0.2, 0.25) is 0 Å². The summed E-state index contributed by atoms with van der Waals surface area (Å²) in [6.45, 7) is 0. The van der Waals surface area contributed by atoms with Gasteiger partial charge in [-0.25, -0.2) is 0 Å². The van der Waals surface area contributed by atoms with Crippen LogP contribution in [0, 0.1) is 11.9 Å². The second-order valence-corrected chi connectivity index (χ2v) is 4.19. The fraction of sp³-hybridized carbons (Fsp3) is 0. The van der Waals surface area contributed by atoms with Crippen molar-refractivity contribution in [2.45, 2.75) is 0 Å². The molecule has 0 saturated heterocycles. The number of carbonyl (C=O) groups is 1. The monoisotopic (exact) mass is 286 g/mol. The van der Waals surface area contributed by atoms with Gasteiger partial charge in [-0.05, 0) is 30.3 Å². The van der Waals surface area contributed by atoms with Crippen LogP contribution >= 0.6 is 0 Å². The van der Waals surface area contributed by atoms with Crippen LogP contribution in [-0.4, -0.2) is 20.9 Å². The van der Waals surface area contributed by atoms with Crippen LogP contribution in [0.3, 0.4) is 0 Å². The minimum atomic E-state index is -1.08. The summed E-state index contributed by atoms with van der Waals surface area (Å²) in [5.74, 6) is -2.58. The highest BCUT2D eigenvalue weighted by atomic mass is 19.1. The number of benzene rings is 1. The predicted octanol–water partition coefficient (Wildman–Crippen LogP) is 2.56. The smallest absolute Gasteiger partial charge is 0.255 e. The number of nitrogens with zero attached hydrogens (tertiary/aromatic N) is 3. The number of amides is 1. The van der Waals surface area contributed by atoms with Gasteiger partial charge in [-0.15, -0.1) is 0 Å². The lowest BCUT2D eigenvalue weighted by atomic mass is 10.2. The molecule has 104 valence electrons. The Kier molecular flexibility index (Phi) is 3.23. The van der Waals surface area contributed by atoms with E-state index in [1.807, 2.05) is 0 Å². The molecule has 0 aliphatic heterocycles. The first-order valence-electron chi connectivity index (χ1n) is 5.97.